The van der Waals surface area contributed by atoms with E-state index in [0.29, 0.717) is 12.3 Å². The standard InChI is InChI=1S/C12H18ClNO/c1-4-11(7-5-6-8-13)9-12(14-3)10(2)15/h4-7,12,14H,1,8-9H2,2-3H3/b6-5-,11-7+/t12-/m0/s1. The molecule has 3 heteroatoms. The minimum atomic E-state index is -0.140. The van der Waals surface area contributed by atoms with Gasteiger partial charge < -0.3 is 5.32 Å². The molecule has 0 aliphatic heterocycles. The van der Waals surface area contributed by atoms with E-state index in [0.717, 1.165) is 5.57 Å². The van der Waals surface area contributed by atoms with Gasteiger partial charge in [-0.2, -0.15) is 0 Å². The van der Waals surface area contributed by atoms with Crippen LogP contribution < -0.4 is 5.32 Å². The fourth-order valence-corrected chi connectivity index (χ4v) is 1.25. The lowest BCUT2D eigenvalue weighted by atomic mass is 10.0. The summed E-state index contributed by atoms with van der Waals surface area (Å²) in [6.45, 7) is 5.29. The van der Waals surface area contributed by atoms with Crippen molar-refractivity contribution in [1.82, 2.24) is 5.32 Å². The average molecular weight is 228 g/mol. The van der Waals surface area contributed by atoms with Gasteiger partial charge in [0.15, 0.2) is 0 Å². The number of halogens is 1. The summed E-state index contributed by atoms with van der Waals surface area (Å²) in [7, 11) is 1.78. The number of carbonyl (C=O) groups excluding carboxylic acids is 1. The topological polar surface area (TPSA) is 29.1 Å². The summed E-state index contributed by atoms with van der Waals surface area (Å²) in [6.07, 6.45) is 8.04. The number of rotatable bonds is 7. The van der Waals surface area contributed by atoms with Crippen molar-refractivity contribution < 1.29 is 4.79 Å². The third-order valence-electron chi connectivity index (χ3n) is 2.08. The maximum atomic E-state index is 11.2. The van der Waals surface area contributed by atoms with Crippen molar-refractivity contribution >= 4 is 17.4 Å². The van der Waals surface area contributed by atoms with Gasteiger partial charge in [0, 0.05) is 5.88 Å². The predicted octanol–water partition coefficient (Wildman–Crippen LogP) is 2.46. The highest BCUT2D eigenvalue weighted by molar-refractivity contribution is 6.18. The Morgan fingerprint density at radius 1 is 1.60 bits per heavy atom. The number of nitrogens with one attached hydrogen (secondary N) is 1. The maximum absolute atomic E-state index is 11.2. The van der Waals surface area contributed by atoms with Crippen molar-refractivity contribution in [3.8, 4) is 0 Å². The zero-order valence-electron chi connectivity index (χ0n) is 9.29. The van der Waals surface area contributed by atoms with Crippen molar-refractivity contribution in [1.29, 1.82) is 0 Å². The van der Waals surface area contributed by atoms with Gasteiger partial charge in [0.2, 0.25) is 0 Å². The largest absolute Gasteiger partial charge is 0.310 e. The molecule has 0 spiro atoms. The van der Waals surface area contributed by atoms with Gasteiger partial charge in [-0.1, -0.05) is 30.9 Å². The quantitative estimate of drug-likeness (QED) is 0.535. The lowest BCUT2D eigenvalue weighted by molar-refractivity contribution is -0.118. The number of Topliss-reactive ketones (excluding diaryl/α,β-unsaturated/α-hetero) is 1. The third-order valence-corrected chi connectivity index (χ3v) is 2.25. The Balaban J connectivity index is 4.42. The lowest BCUT2D eigenvalue weighted by Gasteiger charge is -2.12. The summed E-state index contributed by atoms with van der Waals surface area (Å²) in [5.41, 5.74) is 1.02. The smallest absolute Gasteiger partial charge is 0.147 e. The molecule has 0 radical (unpaired) electrons. The Morgan fingerprint density at radius 3 is 2.67 bits per heavy atom. The van der Waals surface area contributed by atoms with E-state index in [1.54, 1.807) is 20.0 Å². The molecule has 15 heavy (non-hydrogen) atoms. The number of carbonyl (C=O) groups is 1. The molecule has 0 fully saturated rings. The van der Waals surface area contributed by atoms with E-state index >= 15 is 0 Å². The molecule has 0 aromatic heterocycles. The Labute approximate surface area is 96.7 Å². The minimum Gasteiger partial charge on any atom is -0.310 e. The first kappa shape index (κ1) is 14.1. The molecule has 1 N–H and O–H groups in total. The van der Waals surface area contributed by atoms with Gasteiger partial charge in [-0.15, -0.1) is 11.6 Å². The molecule has 0 aliphatic rings. The molecule has 84 valence electrons. The second-order valence-electron chi connectivity index (χ2n) is 3.18. The van der Waals surface area contributed by atoms with Crippen molar-refractivity contribution in [2.24, 2.45) is 0 Å². The van der Waals surface area contributed by atoms with Gasteiger partial charge in [0.25, 0.3) is 0 Å². The zero-order chi connectivity index (χ0) is 11.7. The molecule has 0 unspecified atom stereocenters. The maximum Gasteiger partial charge on any atom is 0.147 e. The molecule has 0 bridgehead atoms. The van der Waals surface area contributed by atoms with E-state index in [-0.39, 0.29) is 11.8 Å². The van der Waals surface area contributed by atoms with E-state index in [1.807, 2.05) is 18.2 Å². The summed E-state index contributed by atoms with van der Waals surface area (Å²) in [5, 5.41) is 2.97. The van der Waals surface area contributed by atoms with Gasteiger partial charge in [-0.3, -0.25) is 4.79 Å². The molecular weight excluding hydrogens is 210 g/mol. The van der Waals surface area contributed by atoms with Crippen LogP contribution in [0.15, 0.2) is 36.5 Å². The third kappa shape index (κ3) is 6.26. The van der Waals surface area contributed by atoms with Crippen LogP contribution in [0.3, 0.4) is 0 Å². The number of hydrogen-bond acceptors (Lipinski definition) is 2. The summed E-state index contributed by atoms with van der Waals surface area (Å²) < 4.78 is 0. The van der Waals surface area contributed by atoms with E-state index in [1.165, 1.54) is 0 Å². The predicted molar refractivity (Wildman–Crippen MR) is 66.3 cm³/mol. The summed E-state index contributed by atoms with van der Waals surface area (Å²) >= 11 is 5.50. The molecule has 2 nitrogen and oxygen atoms in total. The fraction of sp³-hybridized carbons (Fsp3) is 0.417. The number of likely N-dealkylation sites (N-methyl/N-ethyl adjacent to an activating group) is 1. The Bertz CT molecular complexity index is 269. The highest BCUT2D eigenvalue weighted by Gasteiger charge is 2.11. The molecule has 0 aliphatic carbocycles. The van der Waals surface area contributed by atoms with Crippen molar-refractivity contribution in [2.75, 3.05) is 12.9 Å². The van der Waals surface area contributed by atoms with Crippen molar-refractivity contribution in [2.45, 2.75) is 19.4 Å². The van der Waals surface area contributed by atoms with Crippen LogP contribution >= 0.6 is 11.6 Å². The van der Waals surface area contributed by atoms with Crippen LogP contribution in [0.2, 0.25) is 0 Å². The van der Waals surface area contributed by atoms with E-state index < -0.39 is 0 Å². The molecule has 0 heterocycles. The number of allylic oxidation sites excluding steroid dienone is 4. The van der Waals surface area contributed by atoms with Crippen molar-refractivity contribution in [3.63, 3.8) is 0 Å². The van der Waals surface area contributed by atoms with Crippen molar-refractivity contribution in [3.05, 3.63) is 36.5 Å². The zero-order valence-corrected chi connectivity index (χ0v) is 10.1. The first-order valence-electron chi connectivity index (χ1n) is 4.87. The Hall–Kier alpha value is -0.860. The minimum absolute atomic E-state index is 0.131. The Morgan fingerprint density at radius 2 is 2.27 bits per heavy atom. The van der Waals surface area contributed by atoms with Gasteiger partial charge in [0.1, 0.15) is 5.78 Å². The molecule has 0 rings (SSSR count). The number of alkyl halides is 1. The van der Waals surface area contributed by atoms with Gasteiger partial charge >= 0.3 is 0 Å². The van der Waals surface area contributed by atoms with E-state index in [4.69, 9.17) is 11.6 Å². The molecule has 0 saturated carbocycles. The number of ketones is 1. The first-order valence-corrected chi connectivity index (χ1v) is 5.41. The average Bonchev–Trinajstić information content (AvgIpc) is 2.22. The van der Waals surface area contributed by atoms with Crippen LogP contribution in [0, 0.1) is 0 Å². The highest BCUT2D eigenvalue weighted by atomic mass is 35.5. The second-order valence-corrected chi connectivity index (χ2v) is 3.49. The van der Waals surface area contributed by atoms with Gasteiger partial charge in [0.05, 0.1) is 6.04 Å². The molecule has 1 atom stereocenters. The van der Waals surface area contributed by atoms with Crippen LogP contribution in [0.4, 0.5) is 0 Å². The lowest BCUT2D eigenvalue weighted by Crippen LogP contribution is -2.32. The van der Waals surface area contributed by atoms with Gasteiger partial charge in [-0.25, -0.2) is 0 Å². The second kappa shape index (κ2) is 8.45. The van der Waals surface area contributed by atoms with Crippen LogP contribution in [0.5, 0.6) is 0 Å². The van der Waals surface area contributed by atoms with Gasteiger partial charge in [-0.05, 0) is 26.0 Å². The summed E-state index contributed by atoms with van der Waals surface area (Å²) in [6, 6.07) is -0.140. The summed E-state index contributed by atoms with van der Waals surface area (Å²) in [4.78, 5) is 11.2. The monoisotopic (exact) mass is 227 g/mol. The van der Waals surface area contributed by atoms with Crippen LogP contribution in [-0.2, 0) is 4.79 Å². The molecule has 0 amide bonds. The Kier molecular flexibility index (Phi) is 7.96. The van der Waals surface area contributed by atoms with E-state index in [9.17, 15) is 4.79 Å². The van der Waals surface area contributed by atoms with Crippen LogP contribution in [-0.4, -0.2) is 24.8 Å². The SMILES string of the molecule is C=C/C(=C\C=C/CCl)C[C@H](NC)C(C)=O. The molecule has 0 aromatic carbocycles. The number of hydrogen-bond donors (Lipinski definition) is 1. The normalized spacial score (nSPS) is 14.2. The molecule has 0 aromatic rings. The molecule has 0 saturated heterocycles. The van der Waals surface area contributed by atoms with E-state index in [2.05, 4.69) is 11.9 Å². The highest BCUT2D eigenvalue weighted by Crippen LogP contribution is 2.07. The molecular formula is C12H18ClNO. The van der Waals surface area contributed by atoms with Crippen LogP contribution in [0.1, 0.15) is 13.3 Å². The first-order chi connectivity index (χ1) is 7.15. The fourth-order valence-electron chi connectivity index (χ4n) is 1.15. The van der Waals surface area contributed by atoms with Crippen LogP contribution in [0.25, 0.3) is 0 Å². The summed E-state index contributed by atoms with van der Waals surface area (Å²) in [5.74, 6) is 0.620.